The first-order valence-electron chi connectivity index (χ1n) is 8.00. The van der Waals surface area contributed by atoms with E-state index < -0.39 is 23.5 Å². The fraction of sp³-hybridized carbons (Fsp3) is 0.294. The van der Waals surface area contributed by atoms with Crippen molar-refractivity contribution >= 4 is 28.8 Å². The fourth-order valence-electron chi connectivity index (χ4n) is 3.34. The molecule has 4 rings (SSSR count). The van der Waals surface area contributed by atoms with Crippen LogP contribution in [0.5, 0.6) is 0 Å². The molecular formula is C17H15F3N4OS. The van der Waals surface area contributed by atoms with Gasteiger partial charge in [0, 0.05) is 13.0 Å². The Morgan fingerprint density at radius 3 is 2.81 bits per heavy atom. The predicted molar refractivity (Wildman–Crippen MR) is 93.2 cm³/mol. The molecule has 2 aliphatic rings. The van der Waals surface area contributed by atoms with Crippen molar-refractivity contribution in [2.24, 2.45) is 10.7 Å². The molecule has 2 aromatic rings. The molecule has 3 heterocycles. The van der Waals surface area contributed by atoms with Crippen LogP contribution in [0.15, 0.2) is 34.6 Å². The zero-order chi connectivity index (χ0) is 18.5. The number of hydrogen-bond acceptors (Lipinski definition) is 5. The Bertz CT molecular complexity index is 902. The summed E-state index contributed by atoms with van der Waals surface area (Å²) < 4.78 is 43.2. The number of nitrogens with one attached hydrogen (secondary N) is 1. The predicted octanol–water partition coefficient (Wildman–Crippen LogP) is 2.74. The van der Waals surface area contributed by atoms with Crippen molar-refractivity contribution in [3.05, 3.63) is 51.7 Å². The summed E-state index contributed by atoms with van der Waals surface area (Å²) in [6.45, 7) is -0.0000170. The van der Waals surface area contributed by atoms with Crippen LogP contribution in [0.2, 0.25) is 0 Å². The first-order valence-corrected chi connectivity index (χ1v) is 8.88. The maximum absolute atomic E-state index is 15.0. The molecule has 2 atom stereocenters. The number of aliphatic imine (C=N–C) groups is 1. The number of piperidine rings is 1. The summed E-state index contributed by atoms with van der Waals surface area (Å²) in [7, 11) is 0. The van der Waals surface area contributed by atoms with Gasteiger partial charge in [0.05, 0.1) is 22.7 Å². The Hall–Kier alpha value is -2.55. The number of amides is 1. The number of nitrogens with zero attached hydrogens (tertiary/aromatic N) is 2. The number of carbonyl (C=O) groups is 1. The van der Waals surface area contributed by atoms with Gasteiger partial charge in [0.1, 0.15) is 17.5 Å². The maximum atomic E-state index is 15.0. The Morgan fingerprint density at radius 2 is 2.12 bits per heavy atom. The summed E-state index contributed by atoms with van der Waals surface area (Å²) >= 11 is 1.28. The van der Waals surface area contributed by atoms with Crippen LogP contribution in [0.1, 0.15) is 21.7 Å². The Balaban J connectivity index is 1.63. The second-order valence-electron chi connectivity index (χ2n) is 6.27. The van der Waals surface area contributed by atoms with E-state index in [0.717, 1.165) is 12.1 Å². The number of fused-ring (bicyclic) bond motifs is 1. The third-order valence-electron chi connectivity index (χ3n) is 4.70. The summed E-state index contributed by atoms with van der Waals surface area (Å²) in [5.74, 6) is -1.98. The van der Waals surface area contributed by atoms with Gasteiger partial charge in [-0.15, -0.1) is 11.3 Å². The van der Waals surface area contributed by atoms with Gasteiger partial charge in [0.2, 0.25) is 0 Å². The first-order chi connectivity index (χ1) is 12.4. The monoisotopic (exact) mass is 380 g/mol. The number of anilines is 1. The van der Waals surface area contributed by atoms with E-state index in [2.05, 4.69) is 10.3 Å². The highest BCUT2D eigenvalue weighted by Crippen LogP contribution is 2.38. The molecule has 1 aromatic carbocycles. The summed E-state index contributed by atoms with van der Waals surface area (Å²) in [6.07, 6.45) is -1.55. The molecule has 1 saturated heterocycles. The molecule has 9 heteroatoms. The number of nitrogens with two attached hydrogens (primary N) is 1. The number of rotatable bonds is 1. The number of alkyl halides is 1. The number of amidine groups is 1. The molecule has 26 heavy (non-hydrogen) atoms. The van der Waals surface area contributed by atoms with Gasteiger partial charge >= 0.3 is 0 Å². The molecule has 136 valence electrons. The van der Waals surface area contributed by atoms with Crippen molar-refractivity contribution in [1.29, 1.82) is 0 Å². The summed E-state index contributed by atoms with van der Waals surface area (Å²) in [5.41, 5.74) is 3.91. The minimum atomic E-state index is -1.63. The molecule has 0 aliphatic carbocycles. The van der Waals surface area contributed by atoms with Crippen LogP contribution in [-0.2, 0) is 0 Å². The number of halogens is 3. The highest BCUT2D eigenvalue weighted by atomic mass is 32.1. The van der Waals surface area contributed by atoms with Gasteiger partial charge in [-0.2, -0.15) is 0 Å². The van der Waals surface area contributed by atoms with Crippen LogP contribution in [0.4, 0.5) is 18.9 Å². The van der Waals surface area contributed by atoms with Crippen molar-refractivity contribution in [2.45, 2.75) is 18.3 Å². The molecule has 1 aromatic heterocycles. The number of thiophene rings is 1. The minimum Gasteiger partial charge on any atom is -0.383 e. The summed E-state index contributed by atoms with van der Waals surface area (Å²) in [5, 5.41) is 4.47. The van der Waals surface area contributed by atoms with Gasteiger partial charge in [-0.25, -0.2) is 18.2 Å². The molecule has 5 nitrogen and oxygen atoms in total. The lowest BCUT2D eigenvalue weighted by Gasteiger charge is -2.44. The van der Waals surface area contributed by atoms with Gasteiger partial charge in [0.15, 0.2) is 11.8 Å². The van der Waals surface area contributed by atoms with Gasteiger partial charge in [-0.05, 0) is 23.6 Å². The smallest absolute Gasteiger partial charge is 0.264 e. The molecule has 1 amide bonds. The third-order valence-corrected chi connectivity index (χ3v) is 5.56. The number of carbonyl (C=O) groups excluding carboxylic acids is 1. The van der Waals surface area contributed by atoms with E-state index in [1.807, 2.05) is 0 Å². The van der Waals surface area contributed by atoms with E-state index >= 15 is 4.39 Å². The molecule has 0 radical (unpaired) electrons. The minimum absolute atomic E-state index is 0.0847. The molecule has 2 aliphatic heterocycles. The average molecular weight is 380 g/mol. The molecule has 3 N–H and O–H groups in total. The quantitative estimate of drug-likeness (QED) is 0.799. The van der Waals surface area contributed by atoms with Gasteiger partial charge in [-0.3, -0.25) is 4.79 Å². The van der Waals surface area contributed by atoms with Crippen LogP contribution >= 0.6 is 11.3 Å². The molecule has 1 fully saturated rings. The lowest BCUT2D eigenvalue weighted by molar-refractivity contribution is 0.0498. The third kappa shape index (κ3) is 2.54. The number of hydrogen-bond donors (Lipinski definition) is 2. The van der Waals surface area contributed by atoms with Crippen LogP contribution in [0.3, 0.4) is 0 Å². The van der Waals surface area contributed by atoms with E-state index in [1.165, 1.54) is 16.2 Å². The second kappa shape index (κ2) is 6.01. The molecule has 0 bridgehead atoms. The van der Waals surface area contributed by atoms with Crippen molar-refractivity contribution in [1.82, 2.24) is 4.90 Å². The van der Waals surface area contributed by atoms with Gasteiger partial charge in [-0.1, -0.05) is 6.07 Å². The molecular weight excluding hydrogens is 365 g/mol. The topological polar surface area (TPSA) is 70.7 Å². The zero-order valence-electron chi connectivity index (χ0n) is 13.5. The van der Waals surface area contributed by atoms with E-state index in [9.17, 15) is 13.6 Å². The molecule has 1 spiro atoms. The highest BCUT2D eigenvalue weighted by molar-refractivity contribution is 7.12. The first kappa shape index (κ1) is 16.9. The fourth-order valence-corrected chi connectivity index (χ4v) is 4.04. The van der Waals surface area contributed by atoms with Crippen molar-refractivity contribution in [2.75, 3.05) is 18.4 Å². The summed E-state index contributed by atoms with van der Waals surface area (Å²) in [4.78, 5) is 18.5. The molecule has 0 unspecified atom stereocenters. The highest BCUT2D eigenvalue weighted by Gasteiger charge is 2.48. The second-order valence-corrected chi connectivity index (χ2v) is 7.22. The van der Waals surface area contributed by atoms with Crippen molar-refractivity contribution < 1.29 is 18.0 Å². The van der Waals surface area contributed by atoms with Crippen LogP contribution < -0.4 is 11.1 Å². The maximum Gasteiger partial charge on any atom is 0.264 e. The Labute approximate surface area is 151 Å². The van der Waals surface area contributed by atoms with Gasteiger partial charge in [0.25, 0.3) is 5.91 Å². The Morgan fingerprint density at radius 1 is 1.35 bits per heavy atom. The SMILES string of the molecule is NC1=N[C@]2(CCN(C(=O)c3cccs3)C[C@@H]2F)Nc2c(F)ccc(F)c21. The summed E-state index contributed by atoms with van der Waals surface area (Å²) in [6, 6.07) is 5.33. The average Bonchev–Trinajstić information content (AvgIpc) is 3.14. The lowest BCUT2D eigenvalue weighted by atomic mass is 9.91. The number of likely N-dealkylation sites (tertiary alicyclic amines) is 1. The molecule has 0 saturated carbocycles. The standard InChI is InChI=1S/C17H15F3N4OS/c18-9-3-4-10(19)14-13(9)15(21)23-17(22-14)5-6-24(8-12(17)20)16(25)11-2-1-7-26-11/h1-4,7,12,22H,5-6,8H2,(H2,21,23)/t12-,17-/m0/s1. The van der Waals surface area contributed by atoms with E-state index in [4.69, 9.17) is 5.73 Å². The Kier molecular flexibility index (Phi) is 3.91. The van der Waals surface area contributed by atoms with E-state index in [0.29, 0.717) is 4.88 Å². The van der Waals surface area contributed by atoms with Crippen molar-refractivity contribution in [3.63, 3.8) is 0 Å². The van der Waals surface area contributed by atoms with Crippen LogP contribution in [-0.4, -0.2) is 41.6 Å². The van der Waals surface area contributed by atoms with E-state index in [1.54, 1.807) is 17.5 Å². The van der Waals surface area contributed by atoms with Crippen LogP contribution in [0, 0.1) is 11.6 Å². The van der Waals surface area contributed by atoms with Crippen molar-refractivity contribution in [3.8, 4) is 0 Å². The zero-order valence-corrected chi connectivity index (χ0v) is 14.3. The normalized spacial score (nSPS) is 24.8. The van der Waals surface area contributed by atoms with Gasteiger partial charge < -0.3 is 16.0 Å². The number of benzene rings is 1. The van der Waals surface area contributed by atoms with Crippen LogP contribution in [0.25, 0.3) is 0 Å². The lowest BCUT2D eigenvalue weighted by Crippen LogP contribution is -2.60. The van der Waals surface area contributed by atoms with E-state index in [-0.39, 0.29) is 42.5 Å². The largest absolute Gasteiger partial charge is 0.383 e.